The Morgan fingerprint density at radius 2 is 1.81 bits per heavy atom. The van der Waals surface area contributed by atoms with Crippen LogP contribution in [0.3, 0.4) is 0 Å². The first-order chi connectivity index (χ1) is 9.95. The van der Waals surface area contributed by atoms with E-state index in [0.717, 1.165) is 0 Å². The van der Waals surface area contributed by atoms with Gasteiger partial charge in [0, 0.05) is 11.1 Å². The SMILES string of the molecule is C=Cc1ccccc1OP(=O)(O)C(=O)c1ccccc1C. The zero-order valence-electron chi connectivity index (χ0n) is 11.5. The largest absolute Gasteiger partial charge is 0.448 e. The van der Waals surface area contributed by atoms with Gasteiger partial charge in [-0.05, 0) is 18.6 Å². The van der Waals surface area contributed by atoms with E-state index >= 15 is 0 Å². The van der Waals surface area contributed by atoms with Crippen LogP contribution in [0, 0.1) is 6.92 Å². The third-order valence-electron chi connectivity index (χ3n) is 2.99. The van der Waals surface area contributed by atoms with Crippen molar-refractivity contribution in [1.82, 2.24) is 0 Å². The summed E-state index contributed by atoms with van der Waals surface area (Å²) >= 11 is 0. The maximum Gasteiger partial charge on any atom is 0.448 e. The number of carbonyl (C=O) groups excluding carboxylic acids is 1. The Balaban J connectivity index is 2.34. The predicted molar refractivity (Wildman–Crippen MR) is 82.5 cm³/mol. The lowest BCUT2D eigenvalue weighted by molar-refractivity contribution is 0.104. The third kappa shape index (κ3) is 3.30. The molecule has 0 radical (unpaired) electrons. The van der Waals surface area contributed by atoms with Gasteiger partial charge in [0.2, 0.25) is 0 Å². The molecule has 0 amide bonds. The molecule has 4 nitrogen and oxygen atoms in total. The van der Waals surface area contributed by atoms with E-state index in [2.05, 4.69) is 6.58 Å². The molecule has 0 heterocycles. The molecule has 0 aliphatic carbocycles. The molecule has 0 aliphatic rings. The minimum Gasteiger partial charge on any atom is -0.419 e. The van der Waals surface area contributed by atoms with Crippen LogP contribution < -0.4 is 4.52 Å². The second kappa shape index (κ2) is 6.08. The average molecular weight is 302 g/mol. The highest BCUT2D eigenvalue weighted by molar-refractivity contribution is 7.72. The van der Waals surface area contributed by atoms with Gasteiger partial charge in [-0.3, -0.25) is 4.79 Å². The number of para-hydroxylation sites is 1. The number of hydrogen-bond donors (Lipinski definition) is 1. The van der Waals surface area contributed by atoms with E-state index < -0.39 is 13.1 Å². The van der Waals surface area contributed by atoms with E-state index in [1.807, 2.05) is 0 Å². The summed E-state index contributed by atoms with van der Waals surface area (Å²) in [7, 11) is -4.48. The summed E-state index contributed by atoms with van der Waals surface area (Å²) in [5.41, 5.74) is 0.431. The van der Waals surface area contributed by atoms with E-state index in [1.165, 1.54) is 18.2 Å². The minimum absolute atomic E-state index is 0.153. The lowest BCUT2D eigenvalue weighted by atomic mass is 10.1. The molecule has 2 aromatic rings. The van der Waals surface area contributed by atoms with Crippen molar-refractivity contribution in [2.24, 2.45) is 0 Å². The monoisotopic (exact) mass is 302 g/mol. The summed E-state index contributed by atoms with van der Waals surface area (Å²) in [4.78, 5) is 22.2. The fraction of sp³-hybridized carbons (Fsp3) is 0.0625. The van der Waals surface area contributed by atoms with Crippen molar-refractivity contribution < 1.29 is 18.8 Å². The maximum atomic E-state index is 12.3. The molecule has 0 saturated heterocycles. The van der Waals surface area contributed by atoms with E-state index in [0.29, 0.717) is 11.1 Å². The first-order valence-electron chi connectivity index (χ1n) is 6.30. The van der Waals surface area contributed by atoms with Crippen LogP contribution in [0.1, 0.15) is 21.5 Å². The van der Waals surface area contributed by atoms with Gasteiger partial charge < -0.3 is 9.42 Å². The van der Waals surface area contributed by atoms with E-state index in [-0.39, 0.29) is 11.3 Å². The van der Waals surface area contributed by atoms with Gasteiger partial charge >= 0.3 is 7.60 Å². The fourth-order valence-electron chi connectivity index (χ4n) is 1.87. The highest BCUT2D eigenvalue weighted by Gasteiger charge is 2.34. The van der Waals surface area contributed by atoms with Crippen molar-refractivity contribution in [3.8, 4) is 5.75 Å². The third-order valence-corrected chi connectivity index (χ3v) is 4.19. The Labute approximate surface area is 123 Å². The van der Waals surface area contributed by atoms with Crippen LogP contribution in [0.25, 0.3) is 6.08 Å². The number of aryl methyl sites for hydroxylation is 1. The van der Waals surface area contributed by atoms with Gasteiger partial charge in [0.15, 0.2) is 0 Å². The Morgan fingerprint density at radius 3 is 2.48 bits per heavy atom. The zero-order chi connectivity index (χ0) is 15.5. The molecule has 2 aromatic carbocycles. The molecule has 0 spiro atoms. The summed E-state index contributed by atoms with van der Waals surface area (Å²) in [6, 6.07) is 13.2. The lowest BCUT2D eigenvalue weighted by Gasteiger charge is -2.14. The van der Waals surface area contributed by atoms with Gasteiger partial charge in [-0.2, -0.15) is 0 Å². The van der Waals surface area contributed by atoms with E-state index in [4.69, 9.17) is 4.52 Å². The van der Waals surface area contributed by atoms with Crippen LogP contribution in [-0.4, -0.2) is 10.4 Å². The molecule has 0 aliphatic heterocycles. The normalized spacial score (nSPS) is 13.2. The predicted octanol–water partition coefficient (Wildman–Crippen LogP) is 4.04. The van der Waals surface area contributed by atoms with Crippen molar-refractivity contribution in [1.29, 1.82) is 0 Å². The smallest absolute Gasteiger partial charge is 0.419 e. The number of carbonyl (C=O) groups is 1. The van der Waals surface area contributed by atoms with Crippen LogP contribution in [0.5, 0.6) is 5.75 Å². The second-order valence-corrected chi connectivity index (χ2v) is 6.10. The number of benzene rings is 2. The molecule has 2 rings (SSSR count). The quantitative estimate of drug-likeness (QED) is 0.846. The lowest BCUT2D eigenvalue weighted by Crippen LogP contribution is -2.08. The van der Waals surface area contributed by atoms with Gasteiger partial charge in [0.05, 0.1) is 0 Å². The van der Waals surface area contributed by atoms with Gasteiger partial charge in [0.1, 0.15) is 5.75 Å². The molecule has 0 fully saturated rings. The van der Waals surface area contributed by atoms with Gasteiger partial charge in [-0.25, -0.2) is 4.57 Å². The molecule has 21 heavy (non-hydrogen) atoms. The first kappa shape index (κ1) is 15.2. The Hall–Kier alpha value is -2.16. The maximum absolute atomic E-state index is 12.3. The van der Waals surface area contributed by atoms with Crippen LogP contribution >= 0.6 is 7.60 Å². The Kier molecular flexibility index (Phi) is 4.41. The molecule has 0 bridgehead atoms. The van der Waals surface area contributed by atoms with E-state index in [9.17, 15) is 14.3 Å². The van der Waals surface area contributed by atoms with Gasteiger partial charge in [-0.1, -0.05) is 55.1 Å². The van der Waals surface area contributed by atoms with Crippen molar-refractivity contribution in [2.75, 3.05) is 0 Å². The van der Waals surface area contributed by atoms with Gasteiger partial charge in [-0.15, -0.1) is 0 Å². The van der Waals surface area contributed by atoms with Crippen LogP contribution in [0.15, 0.2) is 55.1 Å². The van der Waals surface area contributed by atoms with Crippen LogP contribution in [-0.2, 0) is 4.57 Å². The first-order valence-corrected chi connectivity index (χ1v) is 7.88. The van der Waals surface area contributed by atoms with Crippen LogP contribution in [0.4, 0.5) is 0 Å². The van der Waals surface area contributed by atoms with Crippen molar-refractivity contribution in [3.05, 3.63) is 71.8 Å². The Bertz CT molecular complexity index is 737. The molecule has 108 valence electrons. The summed E-state index contributed by atoms with van der Waals surface area (Å²) in [6.45, 7) is 5.30. The second-order valence-electron chi connectivity index (χ2n) is 4.47. The summed E-state index contributed by atoms with van der Waals surface area (Å²) in [6.07, 6.45) is 1.49. The fourth-order valence-corrected chi connectivity index (χ4v) is 2.94. The molecule has 0 saturated carbocycles. The topological polar surface area (TPSA) is 63.6 Å². The number of hydrogen-bond acceptors (Lipinski definition) is 3. The highest BCUT2D eigenvalue weighted by Crippen LogP contribution is 2.47. The molecular weight excluding hydrogens is 287 g/mol. The molecule has 1 N–H and O–H groups in total. The average Bonchev–Trinajstić information content (AvgIpc) is 2.47. The van der Waals surface area contributed by atoms with Crippen LogP contribution in [0.2, 0.25) is 0 Å². The zero-order valence-corrected chi connectivity index (χ0v) is 12.4. The van der Waals surface area contributed by atoms with Crippen molar-refractivity contribution in [3.63, 3.8) is 0 Å². The molecular formula is C16H15O4P. The molecule has 0 aromatic heterocycles. The van der Waals surface area contributed by atoms with Crippen molar-refractivity contribution in [2.45, 2.75) is 6.92 Å². The Morgan fingerprint density at radius 1 is 1.19 bits per heavy atom. The van der Waals surface area contributed by atoms with Crippen molar-refractivity contribution >= 4 is 19.2 Å². The van der Waals surface area contributed by atoms with Gasteiger partial charge in [0.25, 0.3) is 5.52 Å². The highest BCUT2D eigenvalue weighted by atomic mass is 31.2. The minimum atomic E-state index is -4.48. The molecule has 5 heteroatoms. The summed E-state index contributed by atoms with van der Waals surface area (Å²) in [5, 5.41) is 0. The summed E-state index contributed by atoms with van der Waals surface area (Å²) in [5.74, 6) is 0.153. The number of rotatable bonds is 5. The molecule has 1 unspecified atom stereocenters. The standard InChI is InChI=1S/C16H15O4P/c1-3-13-9-5-7-11-15(13)20-21(18,19)16(17)14-10-6-4-8-12(14)2/h3-11H,1H2,2H3,(H,18,19). The summed E-state index contributed by atoms with van der Waals surface area (Å²) < 4.78 is 17.3. The molecule has 1 atom stereocenters. The van der Waals surface area contributed by atoms with E-state index in [1.54, 1.807) is 43.3 Å².